The molecule has 0 radical (unpaired) electrons. The number of anilines is 1. The Balaban J connectivity index is 1.79. The number of primary amides is 1. The smallest absolute Gasteiger partial charge is 0.217 e. The van der Waals surface area contributed by atoms with Gasteiger partial charge in [0, 0.05) is 30.5 Å². The van der Waals surface area contributed by atoms with Crippen LogP contribution in [0, 0.1) is 12.8 Å². The summed E-state index contributed by atoms with van der Waals surface area (Å²) >= 11 is 1.66. The summed E-state index contributed by atoms with van der Waals surface area (Å²) in [6.07, 6.45) is 2.54. The van der Waals surface area contributed by atoms with Crippen molar-refractivity contribution >= 4 is 33.3 Å². The van der Waals surface area contributed by atoms with Gasteiger partial charge in [-0.3, -0.25) is 4.79 Å². The standard InChI is InChI=1S/C20H22N4OS/c1-13-22-19(24-9-5-6-14(11-24)10-17(21)25)18-16(12-26-20(18)23-13)15-7-3-2-4-8-15/h2-4,7-8,12,14H,5-6,9-11H2,1H3,(H2,21,25). The highest BCUT2D eigenvalue weighted by molar-refractivity contribution is 7.17. The highest BCUT2D eigenvalue weighted by Crippen LogP contribution is 2.39. The quantitative estimate of drug-likeness (QED) is 0.763. The Bertz CT molecular complexity index is 938. The highest BCUT2D eigenvalue weighted by Gasteiger charge is 2.25. The summed E-state index contributed by atoms with van der Waals surface area (Å²) in [5, 5.41) is 3.29. The molecular formula is C20H22N4OS. The molecule has 1 unspecified atom stereocenters. The molecule has 4 rings (SSSR count). The maximum Gasteiger partial charge on any atom is 0.217 e. The van der Waals surface area contributed by atoms with E-state index in [1.54, 1.807) is 11.3 Å². The van der Waals surface area contributed by atoms with Gasteiger partial charge in [0.15, 0.2) is 0 Å². The van der Waals surface area contributed by atoms with Crippen molar-refractivity contribution in [2.24, 2.45) is 11.7 Å². The topological polar surface area (TPSA) is 72.1 Å². The SMILES string of the molecule is Cc1nc(N2CCCC(CC(N)=O)C2)c2c(-c3ccccc3)csc2n1. The number of carbonyl (C=O) groups excluding carboxylic acids is 1. The summed E-state index contributed by atoms with van der Waals surface area (Å²) in [6, 6.07) is 10.4. The lowest BCUT2D eigenvalue weighted by Gasteiger charge is -2.33. The normalized spacial score (nSPS) is 17.6. The van der Waals surface area contributed by atoms with Crippen molar-refractivity contribution < 1.29 is 4.79 Å². The predicted molar refractivity (Wildman–Crippen MR) is 106 cm³/mol. The second kappa shape index (κ2) is 7.03. The van der Waals surface area contributed by atoms with Crippen LogP contribution in [0.1, 0.15) is 25.1 Å². The van der Waals surface area contributed by atoms with Gasteiger partial charge in [0.2, 0.25) is 5.91 Å². The molecule has 1 atom stereocenters. The molecule has 26 heavy (non-hydrogen) atoms. The molecule has 3 aromatic rings. The molecule has 1 aliphatic rings. The molecular weight excluding hydrogens is 344 g/mol. The monoisotopic (exact) mass is 366 g/mol. The molecule has 1 fully saturated rings. The number of thiophene rings is 1. The summed E-state index contributed by atoms with van der Waals surface area (Å²) < 4.78 is 0. The van der Waals surface area contributed by atoms with Crippen LogP contribution in [0.25, 0.3) is 21.3 Å². The Morgan fingerprint density at radius 2 is 2.12 bits per heavy atom. The van der Waals surface area contributed by atoms with Gasteiger partial charge in [0.25, 0.3) is 0 Å². The summed E-state index contributed by atoms with van der Waals surface area (Å²) in [6.45, 7) is 3.71. The molecule has 1 aliphatic heterocycles. The highest BCUT2D eigenvalue weighted by atomic mass is 32.1. The van der Waals surface area contributed by atoms with Gasteiger partial charge in [0.1, 0.15) is 16.5 Å². The van der Waals surface area contributed by atoms with Crippen molar-refractivity contribution in [3.8, 4) is 11.1 Å². The molecule has 1 aromatic carbocycles. The van der Waals surface area contributed by atoms with Crippen LogP contribution >= 0.6 is 11.3 Å². The molecule has 1 saturated heterocycles. The Morgan fingerprint density at radius 3 is 2.88 bits per heavy atom. The van der Waals surface area contributed by atoms with Crippen molar-refractivity contribution in [2.45, 2.75) is 26.2 Å². The van der Waals surface area contributed by atoms with E-state index in [0.29, 0.717) is 12.3 Å². The second-order valence-corrected chi connectivity index (χ2v) is 7.77. The van der Waals surface area contributed by atoms with Crippen molar-refractivity contribution in [2.75, 3.05) is 18.0 Å². The van der Waals surface area contributed by atoms with Gasteiger partial charge in [-0.25, -0.2) is 9.97 Å². The number of rotatable bonds is 4. The zero-order valence-corrected chi connectivity index (χ0v) is 15.6. The van der Waals surface area contributed by atoms with Crippen LogP contribution in [-0.2, 0) is 4.79 Å². The Labute approximate surface area is 156 Å². The maximum absolute atomic E-state index is 11.4. The van der Waals surface area contributed by atoms with E-state index < -0.39 is 0 Å². The number of nitrogens with zero attached hydrogens (tertiary/aromatic N) is 3. The van der Waals surface area contributed by atoms with E-state index >= 15 is 0 Å². The number of hydrogen-bond acceptors (Lipinski definition) is 5. The lowest BCUT2D eigenvalue weighted by Crippen LogP contribution is -2.37. The largest absolute Gasteiger partial charge is 0.370 e. The van der Waals surface area contributed by atoms with Crippen molar-refractivity contribution in [1.82, 2.24) is 9.97 Å². The third-order valence-electron chi connectivity index (χ3n) is 4.92. The molecule has 134 valence electrons. The molecule has 6 heteroatoms. The number of carbonyl (C=O) groups is 1. The average Bonchev–Trinajstić information content (AvgIpc) is 3.05. The number of nitrogens with two attached hydrogens (primary N) is 1. The number of aromatic nitrogens is 2. The maximum atomic E-state index is 11.4. The summed E-state index contributed by atoms with van der Waals surface area (Å²) in [5.41, 5.74) is 7.78. The molecule has 0 bridgehead atoms. The van der Waals surface area contributed by atoms with Gasteiger partial charge in [-0.15, -0.1) is 11.3 Å². The number of benzene rings is 1. The summed E-state index contributed by atoms with van der Waals surface area (Å²) in [4.78, 5) is 24.1. The first-order valence-corrected chi connectivity index (χ1v) is 9.84. The Morgan fingerprint density at radius 1 is 1.31 bits per heavy atom. The fraction of sp³-hybridized carbons (Fsp3) is 0.350. The average molecular weight is 366 g/mol. The fourth-order valence-electron chi connectivity index (χ4n) is 3.79. The van der Waals surface area contributed by atoms with Crippen molar-refractivity contribution in [1.29, 1.82) is 0 Å². The molecule has 0 saturated carbocycles. The van der Waals surface area contributed by atoms with Gasteiger partial charge in [-0.2, -0.15) is 0 Å². The number of aryl methyl sites for hydroxylation is 1. The lowest BCUT2D eigenvalue weighted by atomic mass is 9.94. The van der Waals surface area contributed by atoms with Crippen LogP contribution in [0.4, 0.5) is 5.82 Å². The van der Waals surface area contributed by atoms with Crippen LogP contribution < -0.4 is 10.6 Å². The minimum Gasteiger partial charge on any atom is -0.370 e. The van der Waals surface area contributed by atoms with E-state index in [0.717, 1.165) is 47.8 Å². The van der Waals surface area contributed by atoms with Crippen LogP contribution in [0.2, 0.25) is 0 Å². The van der Waals surface area contributed by atoms with E-state index in [1.165, 1.54) is 11.1 Å². The van der Waals surface area contributed by atoms with E-state index in [4.69, 9.17) is 10.7 Å². The Hall–Kier alpha value is -2.47. The zero-order chi connectivity index (χ0) is 18.1. The van der Waals surface area contributed by atoms with E-state index in [9.17, 15) is 4.79 Å². The first kappa shape index (κ1) is 17.0. The first-order chi connectivity index (χ1) is 12.6. The van der Waals surface area contributed by atoms with Gasteiger partial charge in [-0.05, 0) is 31.2 Å². The molecule has 0 spiro atoms. The minimum absolute atomic E-state index is 0.221. The number of amides is 1. The van der Waals surface area contributed by atoms with Gasteiger partial charge in [0.05, 0.1) is 5.39 Å². The van der Waals surface area contributed by atoms with Crippen molar-refractivity contribution in [3.63, 3.8) is 0 Å². The van der Waals surface area contributed by atoms with Crippen molar-refractivity contribution in [3.05, 3.63) is 41.5 Å². The molecule has 2 aromatic heterocycles. The number of fused-ring (bicyclic) bond motifs is 1. The Kier molecular flexibility index (Phi) is 4.59. The molecule has 2 N–H and O–H groups in total. The third kappa shape index (κ3) is 3.29. The van der Waals surface area contributed by atoms with Crippen LogP contribution in [0.5, 0.6) is 0 Å². The van der Waals surface area contributed by atoms with Crippen LogP contribution in [-0.4, -0.2) is 29.0 Å². The third-order valence-corrected chi connectivity index (χ3v) is 5.79. The number of hydrogen-bond donors (Lipinski definition) is 1. The predicted octanol–water partition coefficient (Wildman–Crippen LogP) is 3.76. The summed E-state index contributed by atoms with van der Waals surface area (Å²) in [5.74, 6) is 1.85. The number of piperidine rings is 1. The summed E-state index contributed by atoms with van der Waals surface area (Å²) in [7, 11) is 0. The van der Waals surface area contributed by atoms with E-state index in [-0.39, 0.29) is 5.91 Å². The van der Waals surface area contributed by atoms with E-state index in [1.807, 2.05) is 13.0 Å². The van der Waals surface area contributed by atoms with Gasteiger partial charge >= 0.3 is 0 Å². The lowest BCUT2D eigenvalue weighted by molar-refractivity contribution is -0.118. The van der Waals surface area contributed by atoms with E-state index in [2.05, 4.69) is 39.5 Å². The minimum atomic E-state index is -0.221. The second-order valence-electron chi connectivity index (χ2n) is 6.91. The van der Waals surface area contributed by atoms with Gasteiger partial charge in [-0.1, -0.05) is 30.3 Å². The molecule has 5 nitrogen and oxygen atoms in total. The molecule has 1 amide bonds. The van der Waals surface area contributed by atoms with Crippen LogP contribution in [0.15, 0.2) is 35.7 Å². The zero-order valence-electron chi connectivity index (χ0n) is 14.8. The van der Waals surface area contributed by atoms with Crippen LogP contribution in [0.3, 0.4) is 0 Å². The fourth-order valence-corrected chi connectivity index (χ4v) is 4.78. The molecule has 3 heterocycles. The molecule has 0 aliphatic carbocycles. The van der Waals surface area contributed by atoms with Gasteiger partial charge < -0.3 is 10.6 Å². The first-order valence-electron chi connectivity index (χ1n) is 8.96.